The van der Waals surface area contributed by atoms with E-state index in [0.29, 0.717) is 12.0 Å². The topological polar surface area (TPSA) is 56.8 Å². The molecule has 2 aliphatic heterocycles. The lowest BCUT2D eigenvalue weighted by Crippen LogP contribution is -2.52. The quantitative estimate of drug-likeness (QED) is 0.355. The van der Waals surface area contributed by atoms with Gasteiger partial charge in [-0.1, -0.05) is 0 Å². The van der Waals surface area contributed by atoms with Crippen molar-refractivity contribution in [3.05, 3.63) is 71.6 Å². The highest BCUT2D eigenvalue weighted by atomic mass is 19.2. The zero-order valence-corrected chi connectivity index (χ0v) is 21.1. The SMILES string of the molecule is CN1CCN(C2CCN(c3ccc(Nc4ncc(OCc5c(F)c(F)cc(F)c5F)cn4)cc3)CC2)CC1. The number of ether oxygens (including phenoxy) is 1. The predicted octanol–water partition coefficient (Wildman–Crippen LogP) is 4.57. The second-order valence-electron chi connectivity index (χ2n) is 9.71. The van der Waals surface area contributed by atoms with E-state index < -0.39 is 35.4 Å². The van der Waals surface area contributed by atoms with Crippen LogP contribution in [0.5, 0.6) is 5.75 Å². The molecule has 0 radical (unpaired) electrons. The Kier molecular flexibility index (Phi) is 7.94. The standard InChI is InChI=1S/C27H30F4N6O/c1-35-10-12-37(13-11-35)20-6-8-36(9-7-20)19-4-2-18(3-5-19)34-27-32-15-21(16-33-27)38-17-22-25(30)23(28)14-24(29)26(22)31/h2-5,14-16,20H,6-13,17H2,1H3,(H,32,33,34). The number of halogens is 4. The summed E-state index contributed by atoms with van der Waals surface area (Å²) in [6.07, 6.45) is 4.94. The maximum absolute atomic E-state index is 13.8. The zero-order chi connectivity index (χ0) is 26.6. The summed E-state index contributed by atoms with van der Waals surface area (Å²) >= 11 is 0. The van der Waals surface area contributed by atoms with Gasteiger partial charge < -0.3 is 19.9 Å². The fourth-order valence-corrected chi connectivity index (χ4v) is 4.92. The minimum absolute atomic E-state index is 0.0920. The normalized spacial score (nSPS) is 17.6. The van der Waals surface area contributed by atoms with Crippen LogP contribution in [0.2, 0.25) is 0 Å². The van der Waals surface area contributed by atoms with Gasteiger partial charge in [0.05, 0.1) is 18.0 Å². The number of nitrogens with zero attached hydrogens (tertiary/aromatic N) is 5. The Hall–Kier alpha value is -3.44. The molecule has 7 nitrogen and oxygen atoms in total. The fourth-order valence-electron chi connectivity index (χ4n) is 4.92. The third kappa shape index (κ3) is 5.99. The Bertz CT molecular complexity index is 1200. The van der Waals surface area contributed by atoms with Crippen LogP contribution in [0, 0.1) is 23.3 Å². The highest BCUT2D eigenvalue weighted by Crippen LogP contribution is 2.26. The van der Waals surface area contributed by atoms with Crippen molar-refractivity contribution in [1.29, 1.82) is 0 Å². The molecular weight excluding hydrogens is 500 g/mol. The van der Waals surface area contributed by atoms with Crippen LogP contribution in [0.4, 0.5) is 34.9 Å². The van der Waals surface area contributed by atoms with Crippen LogP contribution in [-0.4, -0.2) is 72.1 Å². The second kappa shape index (κ2) is 11.5. The number of piperidine rings is 1. The molecule has 5 rings (SSSR count). The molecule has 0 bridgehead atoms. The van der Waals surface area contributed by atoms with Crippen LogP contribution in [-0.2, 0) is 6.61 Å². The fraction of sp³-hybridized carbons (Fsp3) is 0.407. The van der Waals surface area contributed by atoms with Crippen molar-refractivity contribution in [2.45, 2.75) is 25.5 Å². The summed E-state index contributed by atoms with van der Waals surface area (Å²) in [4.78, 5) is 15.7. The van der Waals surface area contributed by atoms with Gasteiger partial charge >= 0.3 is 0 Å². The number of rotatable bonds is 7. The maximum atomic E-state index is 13.8. The van der Waals surface area contributed by atoms with Crippen molar-refractivity contribution in [3.8, 4) is 5.75 Å². The summed E-state index contributed by atoms with van der Waals surface area (Å²) in [5.74, 6) is -5.57. The first-order valence-corrected chi connectivity index (χ1v) is 12.7. The first-order valence-electron chi connectivity index (χ1n) is 12.7. The Labute approximate surface area is 219 Å². The monoisotopic (exact) mass is 530 g/mol. The van der Waals surface area contributed by atoms with Crippen LogP contribution < -0.4 is 15.0 Å². The predicted molar refractivity (Wildman–Crippen MR) is 137 cm³/mol. The lowest BCUT2D eigenvalue weighted by atomic mass is 10.0. The van der Waals surface area contributed by atoms with Crippen molar-refractivity contribution in [3.63, 3.8) is 0 Å². The number of aromatic nitrogens is 2. The van der Waals surface area contributed by atoms with Crippen molar-refractivity contribution in [2.75, 3.05) is 56.5 Å². The van der Waals surface area contributed by atoms with Crippen LogP contribution >= 0.6 is 0 Å². The van der Waals surface area contributed by atoms with Gasteiger partial charge in [-0.2, -0.15) is 0 Å². The first-order chi connectivity index (χ1) is 18.4. The lowest BCUT2D eigenvalue weighted by Gasteiger charge is -2.42. The largest absolute Gasteiger partial charge is 0.485 e. The van der Waals surface area contributed by atoms with Crippen molar-refractivity contribution in [2.24, 2.45) is 0 Å². The minimum atomic E-state index is -1.49. The van der Waals surface area contributed by atoms with Gasteiger partial charge in [0, 0.05) is 62.8 Å². The van der Waals surface area contributed by atoms with Gasteiger partial charge in [-0.15, -0.1) is 0 Å². The van der Waals surface area contributed by atoms with E-state index >= 15 is 0 Å². The van der Waals surface area contributed by atoms with Gasteiger partial charge in [0.2, 0.25) is 5.95 Å². The molecule has 0 aliphatic carbocycles. The van der Waals surface area contributed by atoms with Gasteiger partial charge in [0.1, 0.15) is 6.61 Å². The number of hydrogen-bond acceptors (Lipinski definition) is 7. The Morgan fingerprint density at radius 2 is 1.47 bits per heavy atom. The number of piperazine rings is 1. The molecular formula is C27H30F4N6O. The molecule has 2 aliphatic rings. The summed E-state index contributed by atoms with van der Waals surface area (Å²) in [6, 6.07) is 8.87. The van der Waals surface area contributed by atoms with E-state index in [-0.39, 0.29) is 11.8 Å². The molecule has 2 saturated heterocycles. The van der Waals surface area contributed by atoms with E-state index in [1.807, 2.05) is 12.1 Å². The molecule has 1 N–H and O–H groups in total. The van der Waals surface area contributed by atoms with Crippen LogP contribution in [0.25, 0.3) is 0 Å². The molecule has 11 heteroatoms. The molecule has 202 valence electrons. The molecule has 2 fully saturated rings. The molecule has 0 amide bonds. The van der Waals surface area contributed by atoms with Gasteiger partial charge in [0.25, 0.3) is 0 Å². The average molecular weight is 531 g/mol. The number of likely N-dealkylation sites (N-methyl/N-ethyl adjacent to an activating group) is 1. The third-order valence-electron chi connectivity index (χ3n) is 7.22. The van der Waals surface area contributed by atoms with E-state index in [0.717, 1.165) is 45.0 Å². The lowest BCUT2D eigenvalue weighted by molar-refractivity contribution is 0.0982. The number of nitrogens with one attached hydrogen (secondary N) is 1. The minimum Gasteiger partial charge on any atom is -0.485 e. The highest BCUT2D eigenvalue weighted by Gasteiger charge is 2.26. The number of anilines is 3. The Morgan fingerprint density at radius 3 is 2.08 bits per heavy atom. The first kappa shape index (κ1) is 26.2. The Morgan fingerprint density at radius 1 is 0.868 bits per heavy atom. The van der Waals surface area contributed by atoms with Crippen LogP contribution in [0.3, 0.4) is 0 Å². The molecule has 3 heterocycles. The van der Waals surface area contributed by atoms with Crippen molar-refractivity contribution >= 4 is 17.3 Å². The third-order valence-corrected chi connectivity index (χ3v) is 7.22. The van der Waals surface area contributed by atoms with E-state index in [4.69, 9.17) is 4.74 Å². The van der Waals surface area contributed by atoms with Crippen molar-refractivity contribution in [1.82, 2.24) is 19.8 Å². The average Bonchev–Trinajstić information content (AvgIpc) is 2.94. The van der Waals surface area contributed by atoms with E-state index in [2.05, 4.69) is 49.2 Å². The number of hydrogen-bond donors (Lipinski definition) is 1. The molecule has 0 spiro atoms. The molecule has 38 heavy (non-hydrogen) atoms. The van der Waals surface area contributed by atoms with E-state index in [1.54, 1.807) is 0 Å². The highest BCUT2D eigenvalue weighted by molar-refractivity contribution is 5.59. The molecule has 0 saturated carbocycles. The van der Waals surface area contributed by atoms with E-state index in [1.165, 1.54) is 30.9 Å². The summed E-state index contributed by atoms with van der Waals surface area (Å²) in [5.41, 5.74) is 1.13. The second-order valence-corrected chi connectivity index (χ2v) is 9.71. The maximum Gasteiger partial charge on any atom is 0.227 e. The number of benzene rings is 2. The van der Waals surface area contributed by atoms with Gasteiger partial charge in [-0.3, -0.25) is 4.90 Å². The van der Waals surface area contributed by atoms with Crippen LogP contribution in [0.15, 0.2) is 42.7 Å². The Balaban J connectivity index is 1.12. The molecule has 0 unspecified atom stereocenters. The summed E-state index contributed by atoms with van der Waals surface area (Å²) in [7, 11) is 2.18. The molecule has 3 aromatic rings. The smallest absolute Gasteiger partial charge is 0.227 e. The van der Waals surface area contributed by atoms with Gasteiger partial charge in [0.15, 0.2) is 29.0 Å². The molecule has 1 aromatic heterocycles. The van der Waals surface area contributed by atoms with Gasteiger partial charge in [-0.05, 0) is 44.2 Å². The molecule has 2 aromatic carbocycles. The van der Waals surface area contributed by atoms with Gasteiger partial charge in [-0.25, -0.2) is 27.5 Å². The van der Waals surface area contributed by atoms with Crippen LogP contribution in [0.1, 0.15) is 18.4 Å². The van der Waals surface area contributed by atoms with E-state index in [9.17, 15) is 17.6 Å². The summed E-state index contributed by atoms with van der Waals surface area (Å²) in [5, 5.41) is 3.10. The van der Waals surface area contributed by atoms with Crippen molar-refractivity contribution < 1.29 is 22.3 Å². The zero-order valence-electron chi connectivity index (χ0n) is 21.1. The molecule has 0 atom stereocenters. The summed E-state index contributed by atoms with van der Waals surface area (Å²) in [6.45, 7) is 5.95. The summed E-state index contributed by atoms with van der Waals surface area (Å²) < 4.78 is 59.5.